The van der Waals surface area contributed by atoms with Crippen molar-refractivity contribution in [2.24, 2.45) is 5.73 Å². The van der Waals surface area contributed by atoms with Crippen LogP contribution in [-0.2, 0) is 19.6 Å². The standard InChI is InChI=1S/C14H18FN3O3.C7H8O3S/c15-12-7-10(18-9-11(8-16)21-14(18)19)1-2-13(12)17-3-5-20-6-4-17;1-6-2-4-7(5-3-6)11(8,9)10/h1-2,7,11H,3-6,8-9,16H2;2-5H,1H3,(H,8,9,10)/t11-;/m1./s1. The number of carbonyl (C=O) groups is 1. The van der Waals surface area contributed by atoms with Crippen LogP contribution in [0.1, 0.15) is 5.56 Å². The molecule has 0 aliphatic carbocycles. The van der Waals surface area contributed by atoms with E-state index in [1.54, 1.807) is 24.3 Å². The van der Waals surface area contributed by atoms with Crippen LogP contribution in [-0.4, -0.2) is 64.6 Å². The summed E-state index contributed by atoms with van der Waals surface area (Å²) in [6, 6.07) is 10.8. The molecule has 2 aromatic carbocycles. The Morgan fingerprint density at radius 3 is 2.34 bits per heavy atom. The number of nitrogens with two attached hydrogens (primary N) is 1. The molecule has 2 aliphatic heterocycles. The van der Waals surface area contributed by atoms with Gasteiger partial charge in [0.1, 0.15) is 11.9 Å². The minimum Gasteiger partial charge on any atom is -0.443 e. The van der Waals surface area contributed by atoms with Crippen LogP contribution >= 0.6 is 0 Å². The molecule has 3 N–H and O–H groups in total. The number of hydrogen-bond acceptors (Lipinski definition) is 7. The molecule has 2 saturated heterocycles. The van der Waals surface area contributed by atoms with E-state index in [2.05, 4.69) is 0 Å². The fourth-order valence-corrected chi connectivity index (χ4v) is 3.77. The van der Waals surface area contributed by atoms with Crippen LogP contribution in [0.2, 0.25) is 0 Å². The number of morpholine rings is 1. The van der Waals surface area contributed by atoms with Gasteiger partial charge in [0.25, 0.3) is 10.1 Å². The lowest BCUT2D eigenvalue weighted by Crippen LogP contribution is -2.36. The van der Waals surface area contributed by atoms with Gasteiger partial charge < -0.3 is 20.1 Å². The molecule has 0 bridgehead atoms. The van der Waals surface area contributed by atoms with Crippen LogP contribution < -0.4 is 15.5 Å². The number of carbonyl (C=O) groups excluding carboxylic acids is 1. The highest BCUT2D eigenvalue weighted by Gasteiger charge is 2.32. The molecule has 2 heterocycles. The third-order valence-electron chi connectivity index (χ3n) is 5.05. The highest BCUT2D eigenvalue weighted by molar-refractivity contribution is 7.85. The van der Waals surface area contributed by atoms with E-state index < -0.39 is 16.2 Å². The molecule has 0 radical (unpaired) electrons. The zero-order valence-electron chi connectivity index (χ0n) is 17.6. The average molecular weight is 468 g/mol. The highest BCUT2D eigenvalue weighted by Crippen LogP contribution is 2.28. The molecule has 32 heavy (non-hydrogen) atoms. The van der Waals surface area contributed by atoms with Crippen LogP contribution in [0.3, 0.4) is 0 Å². The second-order valence-electron chi connectivity index (χ2n) is 7.38. The van der Waals surface area contributed by atoms with Crippen molar-refractivity contribution < 1.29 is 31.6 Å². The maximum atomic E-state index is 14.3. The molecular formula is C21H26FN3O6S. The van der Waals surface area contributed by atoms with E-state index in [-0.39, 0.29) is 23.4 Å². The number of ether oxygens (including phenoxy) is 2. The number of anilines is 2. The summed E-state index contributed by atoms with van der Waals surface area (Å²) in [7, 11) is -4.02. The molecule has 1 amide bonds. The van der Waals surface area contributed by atoms with Gasteiger partial charge in [-0.2, -0.15) is 8.42 Å². The largest absolute Gasteiger partial charge is 0.443 e. The van der Waals surface area contributed by atoms with Gasteiger partial charge >= 0.3 is 6.09 Å². The lowest BCUT2D eigenvalue weighted by atomic mass is 10.2. The second kappa shape index (κ2) is 10.3. The highest BCUT2D eigenvalue weighted by atomic mass is 32.2. The Kier molecular flexibility index (Phi) is 7.67. The first-order valence-electron chi connectivity index (χ1n) is 10.0. The Labute approximate surface area is 186 Å². The molecule has 4 rings (SSSR count). The number of hydrogen-bond donors (Lipinski definition) is 2. The number of benzene rings is 2. The van der Waals surface area contributed by atoms with Crippen LogP contribution in [0.5, 0.6) is 0 Å². The smallest absolute Gasteiger partial charge is 0.414 e. The van der Waals surface area contributed by atoms with Crippen molar-refractivity contribution in [3.8, 4) is 0 Å². The summed E-state index contributed by atoms with van der Waals surface area (Å²) in [6.07, 6.45) is -0.816. The first-order chi connectivity index (χ1) is 15.2. The summed E-state index contributed by atoms with van der Waals surface area (Å²) in [5, 5.41) is 0. The summed E-state index contributed by atoms with van der Waals surface area (Å²) in [5.41, 5.74) is 7.47. The number of cyclic esters (lactones) is 1. The monoisotopic (exact) mass is 467 g/mol. The first-order valence-corrected chi connectivity index (χ1v) is 11.5. The van der Waals surface area contributed by atoms with E-state index in [0.717, 1.165) is 5.56 Å². The van der Waals surface area contributed by atoms with Crippen molar-refractivity contribution in [2.45, 2.75) is 17.9 Å². The molecule has 2 fully saturated rings. The summed E-state index contributed by atoms with van der Waals surface area (Å²) < 4.78 is 54.2. The maximum Gasteiger partial charge on any atom is 0.414 e. The van der Waals surface area contributed by atoms with Crippen molar-refractivity contribution in [1.82, 2.24) is 0 Å². The predicted molar refractivity (Wildman–Crippen MR) is 117 cm³/mol. The third kappa shape index (κ3) is 5.94. The minimum absolute atomic E-state index is 0.0666. The molecule has 1 atom stereocenters. The molecule has 11 heteroatoms. The zero-order valence-corrected chi connectivity index (χ0v) is 18.4. The van der Waals surface area contributed by atoms with Gasteiger partial charge in [-0.1, -0.05) is 17.7 Å². The van der Waals surface area contributed by atoms with Crippen LogP contribution in [0, 0.1) is 12.7 Å². The Balaban J connectivity index is 0.000000222. The second-order valence-corrected chi connectivity index (χ2v) is 8.80. The van der Waals surface area contributed by atoms with Crippen molar-refractivity contribution >= 4 is 27.6 Å². The normalized spacial score (nSPS) is 18.8. The molecule has 0 saturated carbocycles. The lowest BCUT2D eigenvalue weighted by molar-refractivity contribution is 0.122. The van der Waals surface area contributed by atoms with Crippen LogP contribution in [0.15, 0.2) is 47.4 Å². The fraction of sp³-hybridized carbons (Fsp3) is 0.381. The molecule has 0 aromatic heterocycles. The Morgan fingerprint density at radius 1 is 1.16 bits per heavy atom. The molecule has 174 valence electrons. The van der Waals surface area contributed by atoms with Crippen molar-refractivity contribution in [3.05, 3.63) is 53.8 Å². The van der Waals surface area contributed by atoms with Crippen molar-refractivity contribution in [1.29, 1.82) is 0 Å². The van der Waals surface area contributed by atoms with Crippen molar-refractivity contribution in [3.63, 3.8) is 0 Å². The molecule has 0 spiro atoms. The number of amides is 1. The van der Waals surface area contributed by atoms with Gasteiger partial charge in [0, 0.05) is 19.6 Å². The summed E-state index contributed by atoms with van der Waals surface area (Å²) >= 11 is 0. The third-order valence-corrected chi connectivity index (χ3v) is 5.92. The molecular weight excluding hydrogens is 441 g/mol. The van der Waals surface area contributed by atoms with Crippen molar-refractivity contribution in [2.75, 3.05) is 49.2 Å². The summed E-state index contributed by atoms with van der Waals surface area (Å²) in [6.45, 7) is 4.97. The predicted octanol–water partition coefficient (Wildman–Crippen LogP) is 2.19. The van der Waals surface area contributed by atoms with Gasteiger partial charge in [-0.3, -0.25) is 9.45 Å². The van der Waals surface area contributed by atoms with Crippen LogP contribution in [0.25, 0.3) is 0 Å². The SMILES string of the molecule is Cc1ccc(S(=O)(=O)O)cc1.NC[C@@H]1CN(c2ccc(N3CCOCC3)c(F)c2)C(=O)O1. The van der Waals surface area contributed by atoms with Gasteiger partial charge in [0.2, 0.25) is 0 Å². The quantitative estimate of drug-likeness (QED) is 0.656. The average Bonchev–Trinajstić information content (AvgIpc) is 3.15. The zero-order chi connectivity index (χ0) is 23.3. The van der Waals surface area contributed by atoms with Crippen LogP contribution in [0.4, 0.5) is 20.6 Å². The van der Waals surface area contributed by atoms with Gasteiger partial charge in [-0.05, 0) is 37.3 Å². The Hall–Kier alpha value is -2.73. The summed E-state index contributed by atoms with van der Waals surface area (Å²) in [4.78, 5) is 15.0. The fourth-order valence-electron chi connectivity index (χ4n) is 3.29. The van der Waals surface area contributed by atoms with Gasteiger partial charge in [0.05, 0.1) is 36.0 Å². The Bertz CT molecular complexity index is 1040. The van der Waals surface area contributed by atoms with Gasteiger partial charge in [-0.15, -0.1) is 0 Å². The molecule has 9 nitrogen and oxygen atoms in total. The van der Waals surface area contributed by atoms with E-state index in [1.165, 1.54) is 23.1 Å². The van der Waals surface area contributed by atoms with E-state index in [9.17, 15) is 17.6 Å². The number of nitrogens with zero attached hydrogens (tertiary/aromatic N) is 2. The number of rotatable bonds is 4. The summed E-state index contributed by atoms with van der Waals surface area (Å²) in [5.74, 6) is -0.349. The van der Waals surface area contributed by atoms with Gasteiger partial charge in [0.15, 0.2) is 0 Å². The van der Waals surface area contributed by atoms with E-state index in [4.69, 9.17) is 19.8 Å². The van der Waals surface area contributed by atoms with Gasteiger partial charge in [-0.25, -0.2) is 9.18 Å². The Morgan fingerprint density at radius 2 is 1.81 bits per heavy atom. The molecule has 2 aromatic rings. The molecule has 2 aliphatic rings. The maximum absolute atomic E-state index is 14.3. The number of halogens is 1. The minimum atomic E-state index is -4.02. The molecule has 0 unspecified atom stereocenters. The topological polar surface area (TPSA) is 122 Å². The van der Waals surface area contributed by atoms with E-state index >= 15 is 0 Å². The van der Waals surface area contributed by atoms with E-state index in [1.807, 2.05) is 11.8 Å². The number of aryl methyl sites for hydroxylation is 1. The lowest BCUT2D eigenvalue weighted by Gasteiger charge is -2.29. The van der Waals surface area contributed by atoms with E-state index in [0.29, 0.717) is 44.2 Å². The first kappa shape index (κ1) is 23.9.